The molecule has 0 aliphatic rings. The highest BCUT2D eigenvalue weighted by molar-refractivity contribution is 5.79. The highest BCUT2D eigenvalue weighted by Gasteiger charge is 2.16. The van der Waals surface area contributed by atoms with Crippen molar-refractivity contribution in [2.45, 2.75) is 45.8 Å². The number of nitrogens with one attached hydrogen (secondary N) is 3. The van der Waals surface area contributed by atoms with Crippen LogP contribution in [0, 0.1) is 6.92 Å². The quantitative estimate of drug-likeness (QED) is 0.361. The lowest BCUT2D eigenvalue weighted by atomic mass is 10.0. The molecular weight excluding hydrogens is 354 g/mol. The number of hydrogen-bond donors (Lipinski definition) is 3. The van der Waals surface area contributed by atoms with Gasteiger partial charge in [-0.2, -0.15) is 0 Å². The van der Waals surface area contributed by atoms with E-state index in [0.717, 1.165) is 18.9 Å². The Hall–Kier alpha value is -2.28. The van der Waals surface area contributed by atoms with Gasteiger partial charge in [-0.3, -0.25) is 4.99 Å². The number of amides is 1. The van der Waals surface area contributed by atoms with Crippen LogP contribution in [0.2, 0.25) is 0 Å². The minimum absolute atomic E-state index is 0.244. The summed E-state index contributed by atoms with van der Waals surface area (Å²) in [6.45, 7) is 9.63. The first-order valence-electron chi connectivity index (χ1n) is 9.76. The van der Waals surface area contributed by atoms with E-state index in [9.17, 15) is 4.79 Å². The molecule has 0 fully saturated rings. The molecule has 0 spiro atoms. The summed E-state index contributed by atoms with van der Waals surface area (Å²) in [5.74, 6) is 0.747. The van der Waals surface area contributed by atoms with Crippen LogP contribution in [0.5, 0.6) is 0 Å². The third kappa shape index (κ3) is 9.60. The first kappa shape index (κ1) is 23.8. The molecule has 0 radical (unpaired) electrons. The highest BCUT2D eigenvalue weighted by atomic mass is 16.6. The Morgan fingerprint density at radius 2 is 1.71 bits per heavy atom. The van der Waals surface area contributed by atoms with Gasteiger partial charge in [-0.1, -0.05) is 29.8 Å². The number of nitrogens with zero attached hydrogens (tertiary/aromatic N) is 2. The summed E-state index contributed by atoms with van der Waals surface area (Å²) in [6.07, 6.45) is 0.386. The summed E-state index contributed by atoms with van der Waals surface area (Å²) in [4.78, 5) is 18.1. The van der Waals surface area contributed by atoms with Crippen molar-refractivity contribution in [3.63, 3.8) is 0 Å². The van der Waals surface area contributed by atoms with E-state index in [2.05, 4.69) is 71.1 Å². The van der Waals surface area contributed by atoms with Crippen LogP contribution in [0.3, 0.4) is 0 Å². The molecule has 0 bridgehead atoms. The van der Waals surface area contributed by atoms with Gasteiger partial charge in [-0.15, -0.1) is 0 Å². The van der Waals surface area contributed by atoms with Crippen molar-refractivity contribution in [1.82, 2.24) is 20.9 Å². The Bertz CT molecular complexity index is 621. The van der Waals surface area contributed by atoms with E-state index in [4.69, 9.17) is 4.74 Å². The first-order valence-corrected chi connectivity index (χ1v) is 9.76. The van der Waals surface area contributed by atoms with Gasteiger partial charge in [-0.05, 0) is 53.8 Å². The lowest BCUT2D eigenvalue weighted by Crippen LogP contribution is -2.42. The van der Waals surface area contributed by atoms with E-state index in [1.54, 1.807) is 7.05 Å². The van der Waals surface area contributed by atoms with Crippen molar-refractivity contribution >= 4 is 12.1 Å². The van der Waals surface area contributed by atoms with Crippen LogP contribution in [0.25, 0.3) is 0 Å². The van der Waals surface area contributed by atoms with E-state index >= 15 is 0 Å². The minimum atomic E-state index is -0.477. The Morgan fingerprint density at radius 3 is 2.25 bits per heavy atom. The van der Waals surface area contributed by atoms with Gasteiger partial charge in [0, 0.05) is 26.7 Å². The van der Waals surface area contributed by atoms with Gasteiger partial charge in [0.2, 0.25) is 0 Å². The van der Waals surface area contributed by atoms with Crippen LogP contribution < -0.4 is 16.0 Å². The van der Waals surface area contributed by atoms with Crippen LogP contribution in [-0.4, -0.2) is 63.3 Å². The maximum absolute atomic E-state index is 11.6. The lowest BCUT2D eigenvalue weighted by molar-refractivity contribution is 0.0527. The molecular formula is C21H37N5O2. The normalized spacial score (nSPS) is 13.2. The third-order valence-electron chi connectivity index (χ3n) is 4.09. The zero-order chi connectivity index (χ0) is 21.2. The second kappa shape index (κ2) is 11.5. The largest absolute Gasteiger partial charge is 0.444 e. The van der Waals surface area contributed by atoms with E-state index in [-0.39, 0.29) is 12.1 Å². The van der Waals surface area contributed by atoms with E-state index in [1.807, 2.05) is 20.8 Å². The van der Waals surface area contributed by atoms with Crippen LogP contribution in [0.1, 0.15) is 44.4 Å². The van der Waals surface area contributed by atoms with Gasteiger partial charge in [0.15, 0.2) is 5.96 Å². The number of hydrogen-bond acceptors (Lipinski definition) is 4. The SMILES string of the molecule is CN=C(NCCCNC(=O)OC(C)(C)C)NCC(c1ccc(C)cc1)N(C)C. The summed E-state index contributed by atoms with van der Waals surface area (Å²) in [5.41, 5.74) is 2.04. The van der Waals surface area contributed by atoms with Crippen molar-refractivity contribution in [2.24, 2.45) is 4.99 Å². The Morgan fingerprint density at radius 1 is 1.11 bits per heavy atom. The number of carbonyl (C=O) groups is 1. The number of likely N-dealkylation sites (N-methyl/N-ethyl adjacent to an activating group) is 1. The maximum atomic E-state index is 11.6. The number of aliphatic imine (C=N–C) groups is 1. The molecule has 7 nitrogen and oxygen atoms in total. The monoisotopic (exact) mass is 391 g/mol. The molecule has 1 amide bonds. The average Bonchev–Trinajstić information content (AvgIpc) is 2.59. The molecule has 1 aromatic rings. The summed E-state index contributed by atoms with van der Waals surface area (Å²) in [6, 6.07) is 8.85. The fourth-order valence-electron chi connectivity index (χ4n) is 2.60. The molecule has 0 saturated heterocycles. The number of benzene rings is 1. The Kier molecular flexibility index (Phi) is 9.79. The van der Waals surface area contributed by atoms with Crippen molar-refractivity contribution in [2.75, 3.05) is 40.8 Å². The molecule has 1 atom stereocenters. The van der Waals surface area contributed by atoms with Crippen LogP contribution >= 0.6 is 0 Å². The molecule has 0 saturated carbocycles. The predicted octanol–water partition coefficient (Wildman–Crippen LogP) is 2.68. The summed E-state index contributed by atoms with van der Waals surface area (Å²) < 4.78 is 5.21. The predicted molar refractivity (Wildman–Crippen MR) is 116 cm³/mol. The molecule has 7 heteroatoms. The van der Waals surface area contributed by atoms with Gasteiger partial charge in [0.25, 0.3) is 0 Å². The van der Waals surface area contributed by atoms with Gasteiger partial charge in [0.1, 0.15) is 5.60 Å². The summed E-state index contributed by atoms with van der Waals surface area (Å²) in [7, 11) is 5.90. The zero-order valence-corrected chi connectivity index (χ0v) is 18.4. The molecule has 1 unspecified atom stereocenters. The molecule has 1 aromatic carbocycles. The second-order valence-electron chi connectivity index (χ2n) is 8.05. The molecule has 158 valence electrons. The molecule has 0 aliphatic carbocycles. The maximum Gasteiger partial charge on any atom is 0.407 e. The van der Waals surface area contributed by atoms with E-state index in [1.165, 1.54) is 11.1 Å². The zero-order valence-electron chi connectivity index (χ0n) is 18.4. The minimum Gasteiger partial charge on any atom is -0.444 e. The Labute approximate surface area is 169 Å². The molecule has 0 aromatic heterocycles. The van der Waals surface area contributed by atoms with Crippen LogP contribution in [-0.2, 0) is 4.74 Å². The van der Waals surface area contributed by atoms with Crippen molar-refractivity contribution < 1.29 is 9.53 Å². The fourth-order valence-corrected chi connectivity index (χ4v) is 2.60. The molecule has 1 rings (SSSR count). The van der Waals surface area contributed by atoms with E-state index < -0.39 is 5.60 Å². The Balaban J connectivity index is 2.37. The number of carbonyl (C=O) groups excluding carboxylic acids is 1. The van der Waals surface area contributed by atoms with Crippen LogP contribution in [0.15, 0.2) is 29.3 Å². The highest BCUT2D eigenvalue weighted by Crippen LogP contribution is 2.17. The van der Waals surface area contributed by atoms with Gasteiger partial charge >= 0.3 is 6.09 Å². The van der Waals surface area contributed by atoms with Crippen molar-refractivity contribution in [3.8, 4) is 0 Å². The molecule has 0 heterocycles. The number of rotatable bonds is 8. The third-order valence-corrected chi connectivity index (χ3v) is 4.09. The van der Waals surface area contributed by atoms with Gasteiger partial charge in [-0.25, -0.2) is 4.79 Å². The molecule has 3 N–H and O–H groups in total. The van der Waals surface area contributed by atoms with Crippen LogP contribution in [0.4, 0.5) is 4.79 Å². The van der Waals surface area contributed by atoms with Gasteiger partial charge < -0.3 is 25.6 Å². The first-order chi connectivity index (χ1) is 13.1. The molecule has 0 aliphatic heterocycles. The number of aryl methyl sites for hydroxylation is 1. The topological polar surface area (TPSA) is 78.0 Å². The molecule has 28 heavy (non-hydrogen) atoms. The lowest BCUT2D eigenvalue weighted by Gasteiger charge is -2.26. The van der Waals surface area contributed by atoms with Crippen molar-refractivity contribution in [1.29, 1.82) is 0 Å². The standard InChI is InChI=1S/C21H37N5O2/c1-16-9-11-17(12-10-16)18(26(6)7)15-25-19(22-5)23-13-8-14-24-20(27)28-21(2,3)4/h9-12,18H,8,13-15H2,1-7H3,(H,24,27)(H2,22,23,25). The average molecular weight is 392 g/mol. The summed E-state index contributed by atoms with van der Waals surface area (Å²) >= 11 is 0. The number of alkyl carbamates (subject to hydrolysis) is 1. The fraction of sp³-hybridized carbons (Fsp3) is 0.619. The number of ether oxygens (including phenoxy) is 1. The van der Waals surface area contributed by atoms with E-state index in [0.29, 0.717) is 13.1 Å². The van der Waals surface area contributed by atoms with Gasteiger partial charge in [0.05, 0.1) is 6.04 Å². The van der Waals surface area contributed by atoms with Crippen molar-refractivity contribution in [3.05, 3.63) is 35.4 Å². The smallest absolute Gasteiger partial charge is 0.407 e. The summed E-state index contributed by atoms with van der Waals surface area (Å²) in [5, 5.41) is 9.41. The number of guanidine groups is 1. The second-order valence-corrected chi connectivity index (χ2v) is 8.05.